The van der Waals surface area contributed by atoms with Gasteiger partial charge in [0.2, 0.25) is 5.91 Å². The molecule has 0 atom stereocenters. The molecule has 6 aliphatic rings. The van der Waals surface area contributed by atoms with E-state index in [2.05, 4.69) is 24.1 Å². The second kappa shape index (κ2) is 7.35. The Hall–Kier alpha value is -0.910. The predicted octanol–water partition coefficient (Wildman–Crippen LogP) is 4.08. The Kier molecular flexibility index (Phi) is 5.07. The van der Waals surface area contributed by atoms with Crippen LogP contribution >= 0.6 is 11.8 Å². The minimum Gasteiger partial charge on any atom is -0.333 e. The van der Waals surface area contributed by atoms with E-state index in [1.807, 2.05) is 16.7 Å². The zero-order chi connectivity index (χ0) is 20.2. The molecule has 29 heavy (non-hydrogen) atoms. The van der Waals surface area contributed by atoms with Gasteiger partial charge in [0.1, 0.15) is 0 Å². The highest BCUT2D eigenvalue weighted by molar-refractivity contribution is 8.00. The Morgan fingerprint density at radius 3 is 2.14 bits per heavy atom. The van der Waals surface area contributed by atoms with Gasteiger partial charge >= 0.3 is 6.03 Å². The summed E-state index contributed by atoms with van der Waals surface area (Å²) in [6.07, 6.45) is 10.3. The third-order valence-electron chi connectivity index (χ3n) is 8.30. The number of thioether (sulfide) groups is 1. The van der Waals surface area contributed by atoms with E-state index in [1.165, 1.54) is 38.5 Å². The fourth-order valence-electron chi connectivity index (χ4n) is 7.46. The molecule has 6 heteroatoms. The molecule has 0 aromatic carbocycles. The van der Waals surface area contributed by atoms with Crippen LogP contribution in [0.1, 0.15) is 71.6 Å². The summed E-state index contributed by atoms with van der Waals surface area (Å²) in [6.45, 7) is 6.65. The second-order valence-corrected chi connectivity index (χ2v) is 12.5. The lowest BCUT2D eigenvalue weighted by Crippen LogP contribution is -2.63. The van der Waals surface area contributed by atoms with Gasteiger partial charge in [-0.25, -0.2) is 4.79 Å². The zero-order valence-corrected chi connectivity index (χ0v) is 18.9. The molecule has 3 amide bonds. The molecule has 0 aromatic rings. The first kappa shape index (κ1) is 20.0. The molecule has 4 aliphatic carbocycles. The average molecular weight is 420 g/mol. The maximum atomic E-state index is 13.2. The fourth-order valence-corrected chi connectivity index (χ4v) is 8.94. The van der Waals surface area contributed by atoms with E-state index in [9.17, 15) is 9.59 Å². The summed E-state index contributed by atoms with van der Waals surface area (Å²) >= 11 is 1.94. The van der Waals surface area contributed by atoms with Crippen LogP contribution in [0.15, 0.2) is 0 Å². The van der Waals surface area contributed by atoms with Crippen molar-refractivity contribution in [2.24, 2.45) is 23.7 Å². The van der Waals surface area contributed by atoms with Crippen LogP contribution < -0.4 is 5.32 Å². The Labute approximate surface area is 179 Å². The van der Waals surface area contributed by atoms with Crippen LogP contribution in [-0.2, 0) is 4.79 Å². The summed E-state index contributed by atoms with van der Waals surface area (Å²) in [5.41, 5.74) is 0.0857. The molecule has 4 saturated carbocycles. The number of rotatable bonds is 3. The maximum absolute atomic E-state index is 13.2. The molecular weight excluding hydrogens is 382 g/mol. The van der Waals surface area contributed by atoms with Gasteiger partial charge in [0.05, 0.1) is 4.87 Å². The lowest BCUT2D eigenvalue weighted by atomic mass is 9.53. The van der Waals surface area contributed by atoms with Gasteiger partial charge in [-0.15, -0.1) is 11.8 Å². The van der Waals surface area contributed by atoms with Crippen molar-refractivity contribution in [3.05, 3.63) is 0 Å². The SMILES string of the molecule is CC(C)CC(=O)N1CCSC12CCN(C(=O)NC13CC4CC(CC(C4)C1)C3)CC2. The molecule has 5 nitrogen and oxygen atoms in total. The van der Waals surface area contributed by atoms with E-state index in [0.29, 0.717) is 18.2 Å². The van der Waals surface area contributed by atoms with Crippen molar-refractivity contribution >= 4 is 23.7 Å². The molecule has 6 fully saturated rings. The summed E-state index contributed by atoms with van der Waals surface area (Å²) in [5, 5.41) is 3.53. The monoisotopic (exact) mass is 419 g/mol. The van der Waals surface area contributed by atoms with E-state index >= 15 is 0 Å². The topological polar surface area (TPSA) is 52.7 Å². The van der Waals surface area contributed by atoms with Crippen LogP contribution in [0.2, 0.25) is 0 Å². The van der Waals surface area contributed by atoms with Gasteiger partial charge < -0.3 is 15.1 Å². The number of carbonyl (C=O) groups excluding carboxylic acids is 2. The average Bonchev–Trinajstić information content (AvgIpc) is 3.03. The van der Waals surface area contributed by atoms with Crippen LogP contribution in [-0.4, -0.2) is 57.5 Å². The van der Waals surface area contributed by atoms with Gasteiger partial charge in [-0.2, -0.15) is 0 Å². The molecule has 2 saturated heterocycles. The van der Waals surface area contributed by atoms with Gasteiger partial charge in [-0.1, -0.05) is 13.8 Å². The van der Waals surface area contributed by atoms with E-state index in [0.717, 1.165) is 56.0 Å². The van der Waals surface area contributed by atoms with E-state index in [-0.39, 0.29) is 16.4 Å². The first-order valence-electron chi connectivity index (χ1n) is 11.9. The fraction of sp³-hybridized carbons (Fsp3) is 0.913. The van der Waals surface area contributed by atoms with Crippen molar-refractivity contribution in [2.75, 3.05) is 25.4 Å². The lowest BCUT2D eigenvalue weighted by molar-refractivity contribution is -0.135. The Morgan fingerprint density at radius 1 is 1.00 bits per heavy atom. The van der Waals surface area contributed by atoms with Gasteiger partial charge in [-0.05, 0) is 75.0 Å². The van der Waals surface area contributed by atoms with Crippen LogP contribution in [0.5, 0.6) is 0 Å². The van der Waals surface area contributed by atoms with Crippen LogP contribution in [0, 0.1) is 23.7 Å². The number of carbonyl (C=O) groups is 2. The van der Waals surface area contributed by atoms with Crippen molar-refractivity contribution in [3.8, 4) is 0 Å². The van der Waals surface area contributed by atoms with Crippen molar-refractivity contribution in [2.45, 2.75) is 82.0 Å². The van der Waals surface area contributed by atoms with E-state index < -0.39 is 0 Å². The van der Waals surface area contributed by atoms with Crippen LogP contribution in [0.4, 0.5) is 4.79 Å². The number of amides is 3. The first-order valence-corrected chi connectivity index (χ1v) is 12.9. The van der Waals surface area contributed by atoms with Crippen molar-refractivity contribution in [3.63, 3.8) is 0 Å². The molecule has 2 heterocycles. The largest absolute Gasteiger partial charge is 0.333 e. The Morgan fingerprint density at radius 2 is 1.59 bits per heavy atom. The van der Waals surface area contributed by atoms with Gasteiger partial charge in [0.25, 0.3) is 0 Å². The number of hydrogen-bond acceptors (Lipinski definition) is 3. The minimum atomic E-state index is -0.0660. The summed E-state index contributed by atoms with van der Waals surface area (Å²) < 4.78 is 0. The molecule has 1 spiro atoms. The number of nitrogens with zero attached hydrogens (tertiary/aromatic N) is 2. The van der Waals surface area contributed by atoms with E-state index in [4.69, 9.17) is 0 Å². The quantitative estimate of drug-likeness (QED) is 0.750. The van der Waals surface area contributed by atoms with Crippen LogP contribution in [0.3, 0.4) is 0 Å². The number of nitrogens with one attached hydrogen (secondary N) is 1. The molecule has 0 unspecified atom stereocenters. The van der Waals surface area contributed by atoms with Gasteiger partial charge in [-0.3, -0.25) is 4.79 Å². The number of piperidine rings is 1. The van der Waals surface area contributed by atoms with E-state index in [1.54, 1.807) is 0 Å². The molecule has 0 radical (unpaired) electrons. The third-order valence-corrected chi connectivity index (χ3v) is 9.86. The number of likely N-dealkylation sites (tertiary alicyclic amines) is 1. The Balaban J connectivity index is 1.20. The van der Waals surface area contributed by atoms with Crippen molar-refractivity contribution in [1.82, 2.24) is 15.1 Å². The third kappa shape index (κ3) is 3.68. The lowest BCUT2D eigenvalue weighted by Gasteiger charge is -2.57. The second-order valence-electron chi connectivity index (χ2n) is 11.1. The minimum absolute atomic E-state index is 0.0660. The first-order chi connectivity index (χ1) is 13.9. The van der Waals surface area contributed by atoms with Crippen molar-refractivity contribution < 1.29 is 9.59 Å². The highest BCUT2D eigenvalue weighted by Crippen LogP contribution is 2.55. The molecule has 6 rings (SSSR count). The predicted molar refractivity (Wildman–Crippen MR) is 117 cm³/mol. The Bertz CT molecular complexity index is 636. The summed E-state index contributed by atoms with van der Waals surface area (Å²) in [4.78, 5) is 30.1. The highest BCUT2D eigenvalue weighted by atomic mass is 32.2. The molecule has 4 bridgehead atoms. The van der Waals surface area contributed by atoms with Gasteiger partial charge in [0, 0.05) is 37.3 Å². The molecule has 162 valence electrons. The zero-order valence-electron chi connectivity index (χ0n) is 18.1. The summed E-state index contributed by atoms with van der Waals surface area (Å²) in [5.74, 6) is 4.28. The van der Waals surface area contributed by atoms with Crippen molar-refractivity contribution in [1.29, 1.82) is 0 Å². The maximum Gasteiger partial charge on any atom is 0.317 e. The molecule has 1 N–H and O–H groups in total. The number of hydrogen-bond donors (Lipinski definition) is 1. The molecule has 0 aromatic heterocycles. The van der Waals surface area contributed by atoms with Gasteiger partial charge in [0.15, 0.2) is 0 Å². The summed E-state index contributed by atoms with van der Waals surface area (Å²) in [6, 6.07) is 0.157. The molecule has 2 aliphatic heterocycles. The normalized spacial score (nSPS) is 37.6. The standard InChI is InChI=1S/C23H37N3O2S/c1-16(2)9-20(27)26-7-8-29-23(26)3-5-25(6-4-23)21(28)24-22-13-17-10-18(14-22)12-19(11-17)15-22/h16-19H,3-15H2,1-2H3,(H,24,28). The highest BCUT2D eigenvalue weighted by Gasteiger charge is 2.52. The van der Waals surface area contributed by atoms with Crippen LogP contribution in [0.25, 0.3) is 0 Å². The molecular formula is C23H37N3O2S. The summed E-state index contributed by atoms with van der Waals surface area (Å²) in [7, 11) is 0. The smallest absolute Gasteiger partial charge is 0.317 e. The number of urea groups is 1.